The topological polar surface area (TPSA) is 92.5 Å². The molecule has 2 N–H and O–H groups in total. The highest BCUT2D eigenvalue weighted by Gasteiger charge is 2.21. The highest BCUT2D eigenvalue weighted by Crippen LogP contribution is 2.28. The van der Waals surface area contributed by atoms with Crippen LogP contribution in [0.25, 0.3) is 0 Å². The number of nitro benzene ring substituents is 1. The van der Waals surface area contributed by atoms with Crippen LogP contribution in [0.15, 0.2) is 22.7 Å². The minimum atomic E-state index is -1.04. The second-order valence-electron chi connectivity index (χ2n) is 4.39. The maximum Gasteiger partial charge on any atom is 0.284 e. The highest BCUT2D eigenvalue weighted by molar-refractivity contribution is 9.10. The standard InChI is InChI=1S/C11H13BrN2O4/c1-11(2,16)6-13-10(15)7-4-3-5-8(9(7)12)14(17)18/h3-5,16H,6H2,1-2H3,(H,13,15). The molecule has 1 amide bonds. The number of aliphatic hydroxyl groups is 1. The number of halogens is 1. The molecule has 0 fully saturated rings. The van der Waals surface area contributed by atoms with Crippen molar-refractivity contribution in [2.75, 3.05) is 6.54 Å². The van der Waals surface area contributed by atoms with Crippen LogP contribution in [0.1, 0.15) is 24.2 Å². The lowest BCUT2D eigenvalue weighted by Crippen LogP contribution is -2.38. The maximum absolute atomic E-state index is 11.8. The number of rotatable bonds is 4. The van der Waals surface area contributed by atoms with Crippen molar-refractivity contribution < 1.29 is 14.8 Å². The van der Waals surface area contributed by atoms with Gasteiger partial charge in [0.1, 0.15) is 4.47 Å². The SMILES string of the molecule is CC(C)(O)CNC(=O)c1cccc([N+](=O)[O-])c1Br. The number of nitrogens with one attached hydrogen (secondary N) is 1. The summed E-state index contributed by atoms with van der Waals surface area (Å²) in [5.41, 5.74) is -1.05. The summed E-state index contributed by atoms with van der Waals surface area (Å²) in [6.07, 6.45) is 0. The normalized spacial score (nSPS) is 11.1. The number of nitrogens with zero attached hydrogens (tertiary/aromatic N) is 1. The largest absolute Gasteiger partial charge is 0.389 e. The molecule has 0 bridgehead atoms. The quantitative estimate of drug-likeness (QED) is 0.655. The molecule has 0 saturated carbocycles. The Labute approximate surface area is 112 Å². The van der Waals surface area contributed by atoms with Gasteiger partial charge >= 0.3 is 0 Å². The van der Waals surface area contributed by atoms with Gasteiger partial charge in [0.15, 0.2) is 0 Å². The summed E-state index contributed by atoms with van der Waals surface area (Å²) in [7, 11) is 0. The van der Waals surface area contributed by atoms with Crippen LogP contribution in [0.2, 0.25) is 0 Å². The third kappa shape index (κ3) is 3.78. The second kappa shape index (κ2) is 5.45. The predicted molar refractivity (Wildman–Crippen MR) is 69.4 cm³/mol. The van der Waals surface area contributed by atoms with Gasteiger partial charge in [0.2, 0.25) is 0 Å². The molecule has 6 nitrogen and oxygen atoms in total. The van der Waals surface area contributed by atoms with Gasteiger partial charge < -0.3 is 10.4 Å². The lowest BCUT2D eigenvalue weighted by Gasteiger charge is -2.17. The van der Waals surface area contributed by atoms with Gasteiger partial charge in [0, 0.05) is 12.6 Å². The smallest absolute Gasteiger partial charge is 0.284 e. The number of amides is 1. The molecule has 7 heteroatoms. The number of hydrogen-bond acceptors (Lipinski definition) is 4. The van der Waals surface area contributed by atoms with Crippen LogP contribution in [0.5, 0.6) is 0 Å². The molecule has 1 rings (SSSR count). The Kier molecular flexibility index (Phi) is 4.42. The van der Waals surface area contributed by atoms with Gasteiger partial charge in [-0.05, 0) is 35.8 Å². The summed E-state index contributed by atoms with van der Waals surface area (Å²) >= 11 is 3.04. The summed E-state index contributed by atoms with van der Waals surface area (Å²) in [5, 5.41) is 22.7. The molecule has 0 aliphatic carbocycles. The number of hydrogen-bond donors (Lipinski definition) is 2. The molecular formula is C11H13BrN2O4. The first-order valence-electron chi connectivity index (χ1n) is 5.16. The fourth-order valence-corrected chi connectivity index (χ4v) is 1.82. The van der Waals surface area contributed by atoms with E-state index in [1.807, 2.05) is 0 Å². The van der Waals surface area contributed by atoms with E-state index in [0.29, 0.717) is 0 Å². The zero-order chi connectivity index (χ0) is 13.9. The first-order valence-corrected chi connectivity index (χ1v) is 5.95. The van der Waals surface area contributed by atoms with E-state index >= 15 is 0 Å². The van der Waals surface area contributed by atoms with Crippen molar-refractivity contribution in [1.82, 2.24) is 5.32 Å². The van der Waals surface area contributed by atoms with E-state index in [1.165, 1.54) is 18.2 Å². The van der Waals surface area contributed by atoms with E-state index in [9.17, 15) is 20.0 Å². The lowest BCUT2D eigenvalue weighted by molar-refractivity contribution is -0.385. The monoisotopic (exact) mass is 316 g/mol. The van der Waals surface area contributed by atoms with Crippen LogP contribution >= 0.6 is 15.9 Å². The number of carbonyl (C=O) groups excluding carboxylic acids is 1. The molecule has 0 aliphatic rings. The van der Waals surface area contributed by atoms with Crippen LogP contribution in [-0.4, -0.2) is 28.1 Å². The second-order valence-corrected chi connectivity index (χ2v) is 5.18. The van der Waals surface area contributed by atoms with E-state index in [-0.39, 0.29) is 22.3 Å². The lowest BCUT2D eigenvalue weighted by atomic mass is 10.1. The van der Waals surface area contributed by atoms with Gasteiger partial charge in [-0.3, -0.25) is 14.9 Å². The average Bonchev–Trinajstić information content (AvgIpc) is 2.24. The molecule has 0 aliphatic heterocycles. The molecule has 1 aromatic carbocycles. The molecule has 0 unspecified atom stereocenters. The number of benzene rings is 1. The first kappa shape index (κ1) is 14.6. The summed E-state index contributed by atoms with van der Waals surface area (Å²) in [5.74, 6) is -0.479. The minimum absolute atomic E-state index is 0.0565. The van der Waals surface area contributed by atoms with Crippen molar-refractivity contribution in [3.63, 3.8) is 0 Å². The van der Waals surface area contributed by atoms with Crippen molar-refractivity contribution in [2.24, 2.45) is 0 Å². The molecule has 1 aromatic rings. The van der Waals surface area contributed by atoms with Crippen molar-refractivity contribution in [1.29, 1.82) is 0 Å². The Hall–Kier alpha value is -1.47. The van der Waals surface area contributed by atoms with Gasteiger partial charge in [-0.25, -0.2) is 0 Å². The first-order chi connectivity index (χ1) is 8.22. The van der Waals surface area contributed by atoms with Crippen LogP contribution in [0.3, 0.4) is 0 Å². The van der Waals surface area contributed by atoms with Crippen LogP contribution in [-0.2, 0) is 0 Å². The summed E-state index contributed by atoms with van der Waals surface area (Å²) in [6.45, 7) is 3.16. The molecule has 0 heterocycles. The third-order valence-corrected chi connectivity index (χ3v) is 2.93. The Balaban J connectivity index is 2.93. The molecule has 98 valence electrons. The molecule has 18 heavy (non-hydrogen) atoms. The van der Waals surface area contributed by atoms with Crippen molar-refractivity contribution >= 4 is 27.5 Å². The molecule has 0 aromatic heterocycles. The molecule has 0 saturated heterocycles. The Morgan fingerprint density at radius 1 is 1.56 bits per heavy atom. The van der Waals surface area contributed by atoms with Gasteiger partial charge in [-0.1, -0.05) is 6.07 Å². The number of nitro groups is 1. The van der Waals surface area contributed by atoms with E-state index in [2.05, 4.69) is 21.2 Å². The fraction of sp³-hybridized carbons (Fsp3) is 0.364. The highest BCUT2D eigenvalue weighted by atomic mass is 79.9. The molecular weight excluding hydrogens is 304 g/mol. The third-order valence-electron chi connectivity index (χ3n) is 2.10. The molecule has 0 spiro atoms. The summed E-state index contributed by atoms with van der Waals surface area (Å²) in [4.78, 5) is 22.0. The van der Waals surface area contributed by atoms with Gasteiger partial charge in [-0.15, -0.1) is 0 Å². The minimum Gasteiger partial charge on any atom is -0.389 e. The Bertz CT molecular complexity index is 482. The van der Waals surface area contributed by atoms with E-state index in [0.717, 1.165) is 0 Å². The van der Waals surface area contributed by atoms with Gasteiger partial charge in [0.05, 0.1) is 16.1 Å². The maximum atomic E-state index is 11.8. The van der Waals surface area contributed by atoms with Gasteiger partial charge in [0.25, 0.3) is 11.6 Å². The van der Waals surface area contributed by atoms with E-state index in [4.69, 9.17) is 0 Å². The van der Waals surface area contributed by atoms with Crippen LogP contribution in [0, 0.1) is 10.1 Å². The Morgan fingerprint density at radius 2 is 2.17 bits per heavy atom. The van der Waals surface area contributed by atoms with Gasteiger partial charge in [-0.2, -0.15) is 0 Å². The van der Waals surface area contributed by atoms with Crippen LogP contribution in [0.4, 0.5) is 5.69 Å². The average molecular weight is 317 g/mol. The van der Waals surface area contributed by atoms with Crippen molar-refractivity contribution in [3.8, 4) is 0 Å². The summed E-state index contributed by atoms with van der Waals surface area (Å²) in [6, 6.07) is 4.20. The Morgan fingerprint density at radius 3 is 2.67 bits per heavy atom. The van der Waals surface area contributed by atoms with E-state index in [1.54, 1.807) is 13.8 Å². The fourth-order valence-electron chi connectivity index (χ4n) is 1.23. The predicted octanol–water partition coefficient (Wildman–Crippen LogP) is 1.86. The number of carbonyl (C=O) groups is 1. The van der Waals surface area contributed by atoms with Crippen LogP contribution < -0.4 is 5.32 Å². The van der Waals surface area contributed by atoms with Crippen molar-refractivity contribution in [3.05, 3.63) is 38.3 Å². The molecule has 0 radical (unpaired) electrons. The zero-order valence-electron chi connectivity index (χ0n) is 9.94. The van der Waals surface area contributed by atoms with Crippen molar-refractivity contribution in [2.45, 2.75) is 19.4 Å². The molecule has 0 atom stereocenters. The van der Waals surface area contributed by atoms with E-state index < -0.39 is 16.4 Å². The zero-order valence-corrected chi connectivity index (χ0v) is 11.5. The summed E-state index contributed by atoms with van der Waals surface area (Å²) < 4.78 is 0.128.